The van der Waals surface area contributed by atoms with E-state index in [1.165, 1.54) is 11.1 Å². The SMILES string of the molecule is CNCCC(=O)Nc1ccnn1C1CCCc2ccccc21.Cl.Cl. The average molecular weight is 371 g/mol. The largest absolute Gasteiger partial charge is 0.319 e. The number of nitrogens with zero attached hydrogens (tertiary/aromatic N) is 2. The van der Waals surface area contributed by atoms with Gasteiger partial charge in [0.15, 0.2) is 0 Å². The molecular weight excluding hydrogens is 347 g/mol. The second-order valence-electron chi connectivity index (χ2n) is 5.67. The molecule has 0 saturated carbocycles. The molecule has 1 aromatic heterocycles. The zero-order valence-corrected chi connectivity index (χ0v) is 15.3. The van der Waals surface area contributed by atoms with Crippen molar-refractivity contribution < 1.29 is 4.79 Å². The lowest BCUT2D eigenvalue weighted by atomic mass is 9.88. The molecule has 1 heterocycles. The first-order valence-corrected chi connectivity index (χ1v) is 7.85. The Hall–Kier alpha value is -1.56. The van der Waals surface area contributed by atoms with Gasteiger partial charge in [0.2, 0.25) is 5.91 Å². The fourth-order valence-corrected chi connectivity index (χ4v) is 3.09. The molecule has 24 heavy (non-hydrogen) atoms. The summed E-state index contributed by atoms with van der Waals surface area (Å²) in [6, 6.07) is 10.6. The number of amides is 1. The Morgan fingerprint density at radius 2 is 2.08 bits per heavy atom. The van der Waals surface area contributed by atoms with Gasteiger partial charge in [-0.05, 0) is 37.4 Å². The van der Waals surface area contributed by atoms with Gasteiger partial charge in [0, 0.05) is 19.0 Å². The molecule has 3 rings (SSSR count). The molecular formula is C17H24Cl2N4O. The van der Waals surface area contributed by atoms with Gasteiger partial charge in [0.1, 0.15) is 5.82 Å². The van der Waals surface area contributed by atoms with Crippen molar-refractivity contribution >= 4 is 36.5 Å². The number of hydrogen-bond acceptors (Lipinski definition) is 3. The first-order chi connectivity index (χ1) is 10.8. The molecule has 1 amide bonds. The van der Waals surface area contributed by atoms with E-state index < -0.39 is 0 Å². The van der Waals surface area contributed by atoms with Gasteiger partial charge in [-0.2, -0.15) is 5.10 Å². The predicted octanol–water partition coefficient (Wildman–Crippen LogP) is 3.20. The van der Waals surface area contributed by atoms with Crippen LogP contribution in [0.15, 0.2) is 36.5 Å². The van der Waals surface area contributed by atoms with Crippen LogP contribution in [0.25, 0.3) is 0 Å². The summed E-state index contributed by atoms with van der Waals surface area (Å²) in [5, 5.41) is 10.4. The summed E-state index contributed by atoms with van der Waals surface area (Å²) < 4.78 is 1.95. The lowest BCUT2D eigenvalue weighted by Crippen LogP contribution is -2.24. The number of nitrogens with one attached hydrogen (secondary N) is 2. The Morgan fingerprint density at radius 1 is 1.29 bits per heavy atom. The van der Waals surface area contributed by atoms with Gasteiger partial charge < -0.3 is 10.6 Å². The number of carbonyl (C=O) groups is 1. The fourth-order valence-electron chi connectivity index (χ4n) is 3.09. The van der Waals surface area contributed by atoms with E-state index in [-0.39, 0.29) is 36.8 Å². The maximum Gasteiger partial charge on any atom is 0.226 e. The molecule has 1 unspecified atom stereocenters. The minimum absolute atomic E-state index is 0. The van der Waals surface area contributed by atoms with E-state index in [1.54, 1.807) is 6.20 Å². The van der Waals surface area contributed by atoms with E-state index >= 15 is 0 Å². The molecule has 1 aliphatic carbocycles. The van der Waals surface area contributed by atoms with Crippen molar-refractivity contribution in [2.75, 3.05) is 18.9 Å². The highest BCUT2D eigenvalue weighted by Crippen LogP contribution is 2.34. The number of rotatable bonds is 5. The van der Waals surface area contributed by atoms with Crippen molar-refractivity contribution in [2.45, 2.75) is 31.7 Å². The molecule has 132 valence electrons. The lowest BCUT2D eigenvalue weighted by Gasteiger charge is -2.27. The molecule has 1 aromatic carbocycles. The van der Waals surface area contributed by atoms with Gasteiger partial charge in [-0.25, -0.2) is 4.68 Å². The van der Waals surface area contributed by atoms with Gasteiger partial charge >= 0.3 is 0 Å². The quantitative estimate of drug-likeness (QED) is 0.849. The minimum atomic E-state index is 0. The zero-order valence-electron chi connectivity index (χ0n) is 13.7. The molecule has 0 fully saturated rings. The average Bonchev–Trinajstić information content (AvgIpc) is 3.00. The third-order valence-corrected chi connectivity index (χ3v) is 4.17. The number of hydrogen-bond donors (Lipinski definition) is 2. The molecule has 0 saturated heterocycles. The van der Waals surface area contributed by atoms with Crippen molar-refractivity contribution in [1.82, 2.24) is 15.1 Å². The predicted molar refractivity (Wildman–Crippen MR) is 101 cm³/mol. The third kappa shape index (κ3) is 4.50. The molecule has 2 aromatic rings. The van der Waals surface area contributed by atoms with E-state index in [0.29, 0.717) is 13.0 Å². The van der Waals surface area contributed by atoms with Gasteiger partial charge in [-0.1, -0.05) is 24.3 Å². The molecule has 0 aliphatic heterocycles. The number of carbonyl (C=O) groups excluding carboxylic acids is 1. The minimum Gasteiger partial charge on any atom is -0.319 e. The van der Waals surface area contributed by atoms with Crippen LogP contribution in [0.1, 0.15) is 36.4 Å². The standard InChI is InChI=1S/C17H22N4O.2ClH/c1-18-11-10-17(22)20-16-9-12-19-21(16)15-8-4-6-13-5-2-3-7-14(13)15;;/h2-3,5,7,9,12,15,18H,4,6,8,10-11H2,1H3,(H,20,22);2*1H. The van der Waals surface area contributed by atoms with Gasteiger partial charge in [-0.3, -0.25) is 4.79 Å². The number of fused-ring (bicyclic) bond motifs is 1. The lowest BCUT2D eigenvalue weighted by molar-refractivity contribution is -0.116. The zero-order chi connectivity index (χ0) is 15.4. The highest BCUT2D eigenvalue weighted by molar-refractivity contribution is 5.90. The molecule has 0 radical (unpaired) electrons. The second-order valence-corrected chi connectivity index (χ2v) is 5.67. The van der Waals surface area contributed by atoms with Crippen molar-refractivity contribution in [3.8, 4) is 0 Å². The van der Waals surface area contributed by atoms with Gasteiger partial charge in [0.05, 0.1) is 12.2 Å². The Balaban J connectivity index is 0.00000144. The Kier molecular flexibility index (Phi) is 8.25. The van der Waals surface area contributed by atoms with Crippen LogP contribution in [0.4, 0.5) is 5.82 Å². The van der Waals surface area contributed by atoms with Crippen LogP contribution in [0.3, 0.4) is 0 Å². The first kappa shape index (κ1) is 20.5. The Labute approximate surface area is 155 Å². The van der Waals surface area contributed by atoms with Crippen molar-refractivity contribution in [3.05, 3.63) is 47.7 Å². The van der Waals surface area contributed by atoms with Crippen molar-refractivity contribution in [1.29, 1.82) is 0 Å². The Morgan fingerprint density at radius 3 is 2.88 bits per heavy atom. The van der Waals surface area contributed by atoms with Crippen molar-refractivity contribution in [3.63, 3.8) is 0 Å². The maximum absolute atomic E-state index is 12.0. The van der Waals surface area contributed by atoms with E-state index in [2.05, 4.69) is 40.0 Å². The van der Waals surface area contributed by atoms with Crippen LogP contribution in [0, 0.1) is 0 Å². The number of aromatic nitrogens is 2. The van der Waals surface area contributed by atoms with E-state index in [0.717, 1.165) is 25.1 Å². The molecule has 7 heteroatoms. The molecule has 5 nitrogen and oxygen atoms in total. The van der Waals surface area contributed by atoms with Gasteiger partial charge in [0.25, 0.3) is 0 Å². The topological polar surface area (TPSA) is 59.0 Å². The summed E-state index contributed by atoms with van der Waals surface area (Å²) >= 11 is 0. The summed E-state index contributed by atoms with van der Waals surface area (Å²) in [5.41, 5.74) is 2.71. The summed E-state index contributed by atoms with van der Waals surface area (Å²) in [6.45, 7) is 0.673. The maximum atomic E-state index is 12.0. The van der Waals surface area contributed by atoms with Crippen LogP contribution < -0.4 is 10.6 Å². The molecule has 0 bridgehead atoms. The summed E-state index contributed by atoms with van der Waals surface area (Å²) in [7, 11) is 1.84. The first-order valence-electron chi connectivity index (χ1n) is 7.85. The Bertz CT molecular complexity index is 660. The summed E-state index contributed by atoms with van der Waals surface area (Å²) in [4.78, 5) is 12.0. The molecule has 1 atom stereocenters. The molecule has 1 aliphatic rings. The summed E-state index contributed by atoms with van der Waals surface area (Å²) in [6.07, 6.45) is 5.54. The third-order valence-electron chi connectivity index (χ3n) is 4.17. The number of benzene rings is 1. The van der Waals surface area contributed by atoms with Crippen molar-refractivity contribution in [2.24, 2.45) is 0 Å². The fraction of sp³-hybridized carbons (Fsp3) is 0.412. The number of anilines is 1. The normalized spacial score (nSPS) is 15.6. The molecule has 2 N–H and O–H groups in total. The van der Waals surface area contributed by atoms with Gasteiger partial charge in [-0.15, -0.1) is 24.8 Å². The monoisotopic (exact) mass is 370 g/mol. The second kappa shape index (κ2) is 9.67. The van der Waals surface area contributed by atoms with Crippen LogP contribution >= 0.6 is 24.8 Å². The van der Waals surface area contributed by atoms with E-state index in [1.807, 2.05) is 17.8 Å². The van der Waals surface area contributed by atoms with Crippen LogP contribution in [-0.2, 0) is 11.2 Å². The highest BCUT2D eigenvalue weighted by Gasteiger charge is 2.23. The highest BCUT2D eigenvalue weighted by atomic mass is 35.5. The number of aryl methyl sites for hydroxylation is 1. The van der Waals surface area contributed by atoms with E-state index in [9.17, 15) is 4.79 Å². The summed E-state index contributed by atoms with van der Waals surface area (Å²) in [5.74, 6) is 0.794. The molecule has 0 spiro atoms. The van der Waals surface area contributed by atoms with Crippen LogP contribution in [0.2, 0.25) is 0 Å². The smallest absolute Gasteiger partial charge is 0.226 e. The number of halogens is 2. The van der Waals surface area contributed by atoms with Crippen LogP contribution in [0.5, 0.6) is 0 Å². The van der Waals surface area contributed by atoms with E-state index in [4.69, 9.17) is 0 Å². The van der Waals surface area contributed by atoms with Crippen LogP contribution in [-0.4, -0.2) is 29.3 Å².